The Morgan fingerprint density at radius 3 is 2.80 bits per heavy atom. The number of thioether (sulfide) groups is 1. The van der Waals surface area contributed by atoms with E-state index in [0.717, 1.165) is 5.69 Å². The Hall–Kier alpha value is -0.440. The molecule has 3 heteroatoms. The van der Waals surface area contributed by atoms with E-state index in [9.17, 15) is 0 Å². The molecule has 1 rings (SSSR count). The van der Waals surface area contributed by atoms with E-state index < -0.39 is 0 Å². The van der Waals surface area contributed by atoms with Crippen molar-refractivity contribution in [2.45, 2.75) is 19.1 Å². The third-order valence-corrected chi connectivity index (χ3v) is 2.48. The first-order valence-electron chi connectivity index (χ1n) is 3.28. The van der Waals surface area contributed by atoms with Crippen LogP contribution in [0.25, 0.3) is 0 Å². The first-order valence-corrected chi connectivity index (χ1v) is 4.57. The summed E-state index contributed by atoms with van der Waals surface area (Å²) in [5.74, 6) is 0. The van der Waals surface area contributed by atoms with Crippen molar-refractivity contribution in [3.05, 3.63) is 17.5 Å². The highest BCUT2D eigenvalue weighted by Gasteiger charge is 2.04. The van der Waals surface area contributed by atoms with Gasteiger partial charge in [0.2, 0.25) is 0 Å². The third-order valence-electron chi connectivity index (χ3n) is 1.52. The van der Waals surface area contributed by atoms with Crippen molar-refractivity contribution in [3.63, 3.8) is 0 Å². The predicted molar refractivity (Wildman–Crippen MR) is 45.3 cm³/mol. The Labute approximate surface area is 65.4 Å². The van der Waals surface area contributed by atoms with Crippen molar-refractivity contribution in [1.82, 2.24) is 10.2 Å². The minimum Gasteiger partial charge on any atom is -0.281 e. The standard InChI is InChI=1S/C7H12N2S/c1-5-4-7(9-8-5)6(2)10-3/h4,6H,1-3H3,(H,8,9). The monoisotopic (exact) mass is 156 g/mol. The maximum atomic E-state index is 4.05. The van der Waals surface area contributed by atoms with Crippen LogP contribution in [-0.4, -0.2) is 16.5 Å². The summed E-state index contributed by atoms with van der Waals surface area (Å²) in [4.78, 5) is 0. The SMILES string of the molecule is CSC(C)c1cc(C)n[nH]1. The first kappa shape index (κ1) is 7.66. The maximum Gasteiger partial charge on any atom is 0.0594 e. The van der Waals surface area contributed by atoms with Crippen LogP contribution < -0.4 is 0 Å². The Kier molecular flexibility index (Phi) is 2.38. The van der Waals surface area contributed by atoms with Crippen LogP contribution in [0.1, 0.15) is 23.6 Å². The summed E-state index contributed by atoms with van der Waals surface area (Å²) in [5, 5.41) is 7.56. The van der Waals surface area contributed by atoms with Crippen molar-refractivity contribution >= 4 is 11.8 Å². The molecule has 0 bridgehead atoms. The molecular formula is C7H12N2S. The maximum absolute atomic E-state index is 4.05. The van der Waals surface area contributed by atoms with E-state index in [4.69, 9.17) is 0 Å². The number of nitrogens with zero attached hydrogens (tertiary/aromatic N) is 1. The molecule has 0 saturated heterocycles. The minimum absolute atomic E-state index is 0.529. The average Bonchev–Trinajstić information content (AvgIpc) is 2.34. The zero-order valence-electron chi connectivity index (χ0n) is 6.51. The molecule has 0 aliphatic rings. The van der Waals surface area contributed by atoms with Gasteiger partial charge in [0.25, 0.3) is 0 Å². The van der Waals surface area contributed by atoms with E-state index in [0.29, 0.717) is 5.25 Å². The zero-order chi connectivity index (χ0) is 7.56. The van der Waals surface area contributed by atoms with E-state index in [1.165, 1.54) is 5.69 Å². The average molecular weight is 156 g/mol. The summed E-state index contributed by atoms with van der Waals surface area (Å²) in [6.45, 7) is 4.16. The molecule has 1 aromatic heterocycles. The van der Waals surface area contributed by atoms with Gasteiger partial charge in [0, 0.05) is 10.9 Å². The number of nitrogens with one attached hydrogen (secondary N) is 1. The molecule has 0 radical (unpaired) electrons. The molecule has 0 saturated carbocycles. The van der Waals surface area contributed by atoms with Crippen molar-refractivity contribution in [2.24, 2.45) is 0 Å². The minimum atomic E-state index is 0.529. The molecule has 2 nitrogen and oxygen atoms in total. The van der Waals surface area contributed by atoms with E-state index >= 15 is 0 Å². The molecule has 1 atom stereocenters. The topological polar surface area (TPSA) is 28.7 Å². The largest absolute Gasteiger partial charge is 0.281 e. The van der Waals surface area contributed by atoms with Gasteiger partial charge in [-0.15, -0.1) is 0 Å². The van der Waals surface area contributed by atoms with Gasteiger partial charge in [0.1, 0.15) is 0 Å². The van der Waals surface area contributed by atoms with Crippen LogP contribution in [0.2, 0.25) is 0 Å². The van der Waals surface area contributed by atoms with E-state index in [1.54, 1.807) is 0 Å². The van der Waals surface area contributed by atoms with E-state index in [2.05, 4.69) is 29.4 Å². The fourth-order valence-electron chi connectivity index (χ4n) is 0.778. The molecule has 56 valence electrons. The van der Waals surface area contributed by atoms with Crippen LogP contribution in [0, 0.1) is 6.92 Å². The normalized spacial score (nSPS) is 13.5. The summed E-state index contributed by atoms with van der Waals surface area (Å²) in [6, 6.07) is 2.08. The Morgan fingerprint density at radius 2 is 2.40 bits per heavy atom. The van der Waals surface area contributed by atoms with E-state index in [-0.39, 0.29) is 0 Å². The fraction of sp³-hybridized carbons (Fsp3) is 0.571. The summed E-state index contributed by atoms with van der Waals surface area (Å²) >= 11 is 1.82. The van der Waals surface area contributed by atoms with Gasteiger partial charge in [0.15, 0.2) is 0 Å². The lowest BCUT2D eigenvalue weighted by molar-refractivity contribution is 0.949. The first-order chi connectivity index (χ1) is 4.74. The Bertz CT molecular complexity index is 207. The summed E-state index contributed by atoms with van der Waals surface area (Å²) in [5.41, 5.74) is 2.28. The number of rotatable bonds is 2. The highest BCUT2D eigenvalue weighted by molar-refractivity contribution is 7.98. The Balaban J connectivity index is 2.74. The molecule has 0 fully saturated rings. The molecule has 1 heterocycles. The summed E-state index contributed by atoms with van der Waals surface area (Å²) in [6.07, 6.45) is 2.10. The number of hydrogen-bond acceptors (Lipinski definition) is 2. The zero-order valence-corrected chi connectivity index (χ0v) is 7.33. The predicted octanol–water partition coefficient (Wildman–Crippen LogP) is 2.14. The third kappa shape index (κ3) is 1.53. The smallest absolute Gasteiger partial charge is 0.0594 e. The second kappa shape index (κ2) is 3.10. The second-order valence-electron chi connectivity index (χ2n) is 2.34. The molecule has 0 amide bonds. The van der Waals surface area contributed by atoms with Crippen molar-refractivity contribution in [1.29, 1.82) is 0 Å². The van der Waals surface area contributed by atoms with Gasteiger partial charge in [-0.2, -0.15) is 16.9 Å². The number of aromatic nitrogens is 2. The van der Waals surface area contributed by atoms with Crippen LogP contribution >= 0.6 is 11.8 Å². The van der Waals surface area contributed by atoms with Gasteiger partial charge in [-0.3, -0.25) is 5.10 Å². The fourth-order valence-corrected chi connectivity index (χ4v) is 1.15. The van der Waals surface area contributed by atoms with Gasteiger partial charge in [-0.05, 0) is 26.2 Å². The van der Waals surface area contributed by atoms with Crippen LogP contribution in [0.5, 0.6) is 0 Å². The molecule has 1 N–H and O–H groups in total. The molecule has 0 aliphatic heterocycles. The van der Waals surface area contributed by atoms with Crippen LogP contribution in [0.4, 0.5) is 0 Å². The van der Waals surface area contributed by atoms with Crippen LogP contribution in [-0.2, 0) is 0 Å². The van der Waals surface area contributed by atoms with Gasteiger partial charge >= 0.3 is 0 Å². The Morgan fingerprint density at radius 1 is 1.70 bits per heavy atom. The molecule has 0 aliphatic carbocycles. The molecule has 0 spiro atoms. The lowest BCUT2D eigenvalue weighted by Gasteiger charge is -2.01. The van der Waals surface area contributed by atoms with Gasteiger partial charge < -0.3 is 0 Å². The summed E-state index contributed by atoms with van der Waals surface area (Å²) < 4.78 is 0. The number of aromatic amines is 1. The molecule has 10 heavy (non-hydrogen) atoms. The van der Waals surface area contributed by atoms with Crippen LogP contribution in [0.15, 0.2) is 6.07 Å². The van der Waals surface area contributed by atoms with Crippen molar-refractivity contribution in [3.8, 4) is 0 Å². The molecule has 0 aromatic carbocycles. The van der Waals surface area contributed by atoms with E-state index in [1.807, 2.05) is 18.7 Å². The van der Waals surface area contributed by atoms with Gasteiger partial charge in [-0.1, -0.05) is 0 Å². The van der Waals surface area contributed by atoms with Crippen molar-refractivity contribution < 1.29 is 0 Å². The lowest BCUT2D eigenvalue weighted by atomic mass is 10.3. The quantitative estimate of drug-likeness (QED) is 0.710. The number of H-pyrrole nitrogens is 1. The molecular weight excluding hydrogens is 144 g/mol. The molecule has 1 unspecified atom stereocenters. The molecule has 1 aromatic rings. The number of aryl methyl sites for hydroxylation is 1. The van der Waals surface area contributed by atoms with Gasteiger partial charge in [0.05, 0.1) is 5.69 Å². The lowest BCUT2D eigenvalue weighted by Crippen LogP contribution is -1.86. The van der Waals surface area contributed by atoms with Gasteiger partial charge in [-0.25, -0.2) is 0 Å². The summed E-state index contributed by atoms with van der Waals surface area (Å²) in [7, 11) is 0. The van der Waals surface area contributed by atoms with Crippen molar-refractivity contribution in [2.75, 3.05) is 6.26 Å². The van der Waals surface area contributed by atoms with Crippen LogP contribution in [0.3, 0.4) is 0 Å². The highest BCUT2D eigenvalue weighted by atomic mass is 32.2. The highest BCUT2D eigenvalue weighted by Crippen LogP contribution is 2.23. The number of hydrogen-bond donors (Lipinski definition) is 1. The second-order valence-corrected chi connectivity index (χ2v) is 3.52.